The van der Waals surface area contributed by atoms with E-state index >= 15 is 0 Å². The van der Waals surface area contributed by atoms with Crippen molar-refractivity contribution in [3.63, 3.8) is 0 Å². The number of carboxylic acids is 1. The molecule has 0 spiro atoms. The number of carboxylic acid groups (broad SMARTS) is 1. The molecular weight excluding hydrogens is 218 g/mol. The maximum Gasteiger partial charge on any atom is 0.339 e. The van der Waals surface area contributed by atoms with Crippen molar-refractivity contribution in [1.82, 2.24) is 0 Å². The summed E-state index contributed by atoms with van der Waals surface area (Å²) in [6.45, 7) is 7.62. The molecule has 0 bridgehead atoms. The first kappa shape index (κ1) is 13.5. The molecule has 0 amide bonds. The predicted molar refractivity (Wildman–Crippen MR) is 66.2 cm³/mol. The number of phenols is 1. The minimum absolute atomic E-state index is 0.0975. The molecule has 0 fully saturated rings. The van der Waals surface area contributed by atoms with Crippen LogP contribution < -0.4 is 5.73 Å². The molecule has 0 radical (unpaired) electrons. The average molecular weight is 237 g/mol. The van der Waals surface area contributed by atoms with Gasteiger partial charge in [0, 0.05) is 11.6 Å². The number of hydrogen-bond donors (Lipinski definition) is 3. The Hall–Kier alpha value is -1.55. The molecule has 4 N–H and O–H groups in total. The summed E-state index contributed by atoms with van der Waals surface area (Å²) < 4.78 is 0. The first-order chi connectivity index (χ1) is 7.64. The van der Waals surface area contributed by atoms with E-state index < -0.39 is 12.0 Å². The van der Waals surface area contributed by atoms with Gasteiger partial charge in [0.1, 0.15) is 11.3 Å². The Labute approximate surface area is 101 Å². The molecule has 1 rings (SSSR count). The van der Waals surface area contributed by atoms with Crippen LogP contribution in [-0.2, 0) is 0 Å². The maximum atomic E-state index is 11.0. The number of nitrogens with two attached hydrogens (primary N) is 1. The monoisotopic (exact) mass is 237 g/mol. The summed E-state index contributed by atoms with van der Waals surface area (Å²) in [5.41, 5.74) is 6.97. The van der Waals surface area contributed by atoms with Crippen molar-refractivity contribution in [2.45, 2.75) is 33.7 Å². The predicted octanol–water partition coefficient (Wildman–Crippen LogP) is 2.44. The lowest BCUT2D eigenvalue weighted by Gasteiger charge is -2.28. The van der Waals surface area contributed by atoms with Crippen LogP contribution in [0.2, 0.25) is 0 Å². The minimum Gasteiger partial charge on any atom is -0.507 e. The topological polar surface area (TPSA) is 83.5 Å². The van der Waals surface area contributed by atoms with E-state index in [-0.39, 0.29) is 16.7 Å². The van der Waals surface area contributed by atoms with Gasteiger partial charge in [-0.05, 0) is 24.0 Å². The summed E-state index contributed by atoms with van der Waals surface area (Å²) in [7, 11) is 0. The second-order valence-electron chi connectivity index (χ2n) is 5.40. The van der Waals surface area contributed by atoms with E-state index in [0.717, 1.165) is 5.56 Å². The highest BCUT2D eigenvalue weighted by Gasteiger charge is 2.27. The molecule has 17 heavy (non-hydrogen) atoms. The summed E-state index contributed by atoms with van der Waals surface area (Å²) in [5, 5.41) is 19.0. The van der Waals surface area contributed by atoms with Gasteiger partial charge in [-0.25, -0.2) is 4.79 Å². The molecule has 94 valence electrons. The highest BCUT2D eigenvalue weighted by Crippen LogP contribution is 2.37. The van der Waals surface area contributed by atoms with Crippen molar-refractivity contribution < 1.29 is 15.0 Å². The maximum absolute atomic E-state index is 11.0. The van der Waals surface area contributed by atoms with Gasteiger partial charge in [0.15, 0.2) is 0 Å². The lowest BCUT2D eigenvalue weighted by Crippen LogP contribution is -2.26. The molecular formula is C13H19NO3. The van der Waals surface area contributed by atoms with E-state index in [4.69, 9.17) is 10.8 Å². The van der Waals surface area contributed by atoms with Crippen LogP contribution in [0.15, 0.2) is 12.1 Å². The molecule has 1 atom stereocenters. The quantitative estimate of drug-likeness (QED) is 0.737. The zero-order valence-corrected chi connectivity index (χ0v) is 10.6. The first-order valence-corrected chi connectivity index (χ1v) is 5.47. The molecule has 0 aliphatic heterocycles. The van der Waals surface area contributed by atoms with E-state index in [2.05, 4.69) is 0 Å². The van der Waals surface area contributed by atoms with Crippen LogP contribution in [0.5, 0.6) is 5.75 Å². The van der Waals surface area contributed by atoms with Crippen molar-refractivity contribution >= 4 is 5.97 Å². The smallest absolute Gasteiger partial charge is 0.339 e. The van der Waals surface area contributed by atoms with Gasteiger partial charge in [-0.15, -0.1) is 0 Å². The zero-order chi connectivity index (χ0) is 13.4. The number of hydrogen-bond acceptors (Lipinski definition) is 3. The standard InChI is InChI=1S/C13H19NO3/c1-7-5-8(11(14)13(2,3)4)10(15)9(6-7)12(16)17/h5-6,11,15H,14H2,1-4H3,(H,16,17)/t11-/m0/s1. The molecule has 0 unspecified atom stereocenters. The molecule has 0 saturated carbocycles. The van der Waals surface area contributed by atoms with Crippen LogP contribution in [0.1, 0.15) is 48.3 Å². The first-order valence-electron chi connectivity index (χ1n) is 5.47. The van der Waals surface area contributed by atoms with Crippen LogP contribution >= 0.6 is 0 Å². The number of benzene rings is 1. The van der Waals surface area contributed by atoms with Gasteiger partial charge in [0.25, 0.3) is 0 Å². The fourth-order valence-electron chi connectivity index (χ4n) is 1.67. The Morgan fingerprint density at radius 1 is 1.35 bits per heavy atom. The Bertz CT molecular complexity index is 447. The van der Waals surface area contributed by atoms with E-state index in [9.17, 15) is 9.90 Å². The van der Waals surface area contributed by atoms with Crippen molar-refractivity contribution in [3.05, 3.63) is 28.8 Å². The van der Waals surface area contributed by atoms with Gasteiger partial charge >= 0.3 is 5.97 Å². The second kappa shape index (κ2) is 4.37. The second-order valence-corrected chi connectivity index (χ2v) is 5.40. The van der Waals surface area contributed by atoms with Gasteiger partial charge in [0.2, 0.25) is 0 Å². The minimum atomic E-state index is -1.14. The SMILES string of the molecule is Cc1cc(C(=O)O)c(O)c([C@H](N)C(C)(C)C)c1. The average Bonchev–Trinajstić information content (AvgIpc) is 2.18. The Morgan fingerprint density at radius 3 is 2.29 bits per heavy atom. The highest BCUT2D eigenvalue weighted by molar-refractivity contribution is 5.91. The molecule has 0 aliphatic rings. The summed E-state index contributed by atoms with van der Waals surface area (Å²) >= 11 is 0. The molecule has 0 saturated heterocycles. The zero-order valence-electron chi connectivity index (χ0n) is 10.6. The number of aromatic carboxylic acids is 1. The van der Waals surface area contributed by atoms with Crippen LogP contribution in [0.4, 0.5) is 0 Å². The van der Waals surface area contributed by atoms with Crippen LogP contribution in [0.25, 0.3) is 0 Å². The molecule has 0 aromatic heterocycles. The summed E-state index contributed by atoms with van der Waals surface area (Å²) in [4.78, 5) is 11.0. The molecule has 4 nitrogen and oxygen atoms in total. The van der Waals surface area contributed by atoms with Gasteiger partial charge in [-0.2, -0.15) is 0 Å². The van der Waals surface area contributed by atoms with Crippen LogP contribution in [-0.4, -0.2) is 16.2 Å². The molecule has 4 heteroatoms. The number of rotatable bonds is 2. The normalized spacial score (nSPS) is 13.5. The molecule has 1 aromatic carbocycles. The highest BCUT2D eigenvalue weighted by atomic mass is 16.4. The van der Waals surface area contributed by atoms with Crippen molar-refractivity contribution in [3.8, 4) is 5.75 Å². The van der Waals surface area contributed by atoms with Crippen LogP contribution in [0.3, 0.4) is 0 Å². The van der Waals surface area contributed by atoms with E-state index in [0.29, 0.717) is 5.56 Å². The van der Waals surface area contributed by atoms with Crippen molar-refractivity contribution in [1.29, 1.82) is 0 Å². The Balaban J connectivity index is 3.40. The third-order valence-electron chi connectivity index (χ3n) is 2.78. The number of carbonyl (C=O) groups is 1. The van der Waals surface area contributed by atoms with Crippen molar-refractivity contribution in [2.24, 2.45) is 11.1 Å². The van der Waals surface area contributed by atoms with E-state index in [1.54, 1.807) is 13.0 Å². The van der Waals surface area contributed by atoms with Gasteiger partial charge in [0.05, 0.1) is 0 Å². The third-order valence-corrected chi connectivity index (χ3v) is 2.78. The molecule has 0 heterocycles. The number of aromatic hydroxyl groups is 1. The Kier molecular flexibility index (Phi) is 3.48. The largest absolute Gasteiger partial charge is 0.507 e. The fourth-order valence-corrected chi connectivity index (χ4v) is 1.67. The molecule has 1 aromatic rings. The van der Waals surface area contributed by atoms with Crippen molar-refractivity contribution in [2.75, 3.05) is 0 Å². The summed E-state index contributed by atoms with van der Waals surface area (Å²) in [5.74, 6) is -1.38. The number of aryl methyl sites for hydroxylation is 1. The fraction of sp³-hybridized carbons (Fsp3) is 0.462. The van der Waals surface area contributed by atoms with E-state index in [1.807, 2.05) is 20.8 Å². The lowest BCUT2D eigenvalue weighted by molar-refractivity contribution is 0.0693. The summed E-state index contributed by atoms with van der Waals surface area (Å²) in [6, 6.07) is 2.76. The van der Waals surface area contributed by atoms with Gasteiger partial charge in [-0.3, -0.25) is 0 Å². The van der Waals surface area contributed by atoms with Crippen LogP contribution in [0, 0.1) is 12.3 Å². The summed E-state index contributed by atoms with van der Waals surface area (Å²) in [6.07, 6.45) is 0. The van der Waals surface area contributed by atoms with Gasteiger partial charge in [-0.1, -0.05) is 26.8 Å². The third kappa shape index (κ3) is 2.77. The lowest BCUT2D eigenvalue weighted by atomic mass is 9.81. The molecule has 0 aliphatic carbocycles. The van der Waals surface area contributed by atoms with Gasteiger partial charge < -0.3 is 15.9 Å². The van der Waals surface area contributed by atoms with E-state index in [1.165, 1.54) is 6.07 Å². The Morgan fingerprint density at radius 2 is 1.88 bits per heavy atom.